The van der Waals surface area contributed by atoms with Crippen LogP contribution in [0.25, 0.3) is 0 Å². The number of para-hydroxylation sites is 1. The molecule has 0 atom stereocenters. The van der Waals surface area contributed by atoms with Crippen LogP contribution in [0.2, 0.25) is 5.02 Å². The number of benzene rings is 2. The van der Waals surface area contributed by atoms with Crippen molar-refractivity contribution in [1.82, 2.24) is 4.90 Å². The number of hydrogen-bond donors (Lipinski definition) is 1. The Balaban J connectivity index is 1.77. The van der Waals surface area contributed by atoms with Crippen molar-refractivity contribution >= 4 is 28.9 Å². The number of carbonyl (C=O) groups is 1. The van der Waals surface area contributed by atoms with E-state index in [-0.39, 0.29) is 5.91 Å². The summed E-state index contributed by atoms with van der Waals surface area (Å²) >= 11 is 6.52. The van der Waals surface area contributed by atoms with E-state index in [0.717, 1.165) is 50.5 Å². The second-order valence-electron chi connectivity index (χ2n) is 6.89. The smallest absolute Gasteiger partial charge is 0.255 e. The first kappa shape index (κ1) is 20.5. The average Bonchev–Trinajstić information content (AvgIpc) is 2.73. The topological polar surface area (TPSA) is 44.8 Å². The van der Waals surface area contributed by atoms with Crippen LogP contribution in [-0.2, 0) is 0 Å². The van der Waals surface area contributed by atoms with Crippen LogP contribution in [0, 0.1) is 0 Å². The predicted molar refractivity (Wildman–Crippen MR) is 116 cm³/mol. The zero-order valence-electron chi connectivity index (χ0n) is 16.6. The first-order valence-corrected chi connectivity index (χ1v) is 10.3. The zero-order chi connectivity index (χ0) is 19.9. The molecule has 1 aliphatic heterocycles. The first-order valence-electron chi connectivity index (χ1n) is 9.92. The van der Waals surface area contributed by atoms with Gasteiger partial charge in [-0.25, -0.2) is 0 Å². The number of amides is 1. The maximum atomic E-state index is 12.8. The predicted octanol–water partition coefficient (Wildman–Crippen LogP) is 4.52. The van der Waals surface area contributed by atoms with Crippen molar-refractivity contribution in [2.75, 3.05) is 49.5 Å². The Morgan fingerprint density at radius 2 is 1.86 bits per heavy atom. The summed E-state index contributed by atoms with van der Waals surface area (Å²) in [5.74, 6) is 0.536. The molecule has 0 spiro atoms. The van der Waals surface area contributed by atoms with E-state index < -0.39 is 0 Å². The number of ether oxygens (including phenoxy) is 1. The van der Waals surface area contributed by atoms with Gasteiger partial charge in [0.1, 0.15) is 5.75 Å². The van der Waals surface area contributed by atoms with Crippen molar-refractivity contribution in [2.45, 2.75) is 20.3 Å². The standard InChI is InChI=1S/C22H28ClN3O2/c1-3-15-28-18-8-5-7-17(16-18)22(27)24-20-10-6-9-19(23)21(20)26-13-11-25(4-2)12-14-26/h5-10,16H,3-4,11-15H2,1-2H3,(H,24,27). The quantitative estimate of drug-likeness (QED) is 0.740. The van der Waals surface area contributed by atoms with Crippen molar-refractivity contribution < 1.29 is 9.53 Å². The number of nitrogens with one attached hydrogen (secondary N) is 1. The molecule has 150 valence electrons. The van der Waals surface area contributed by atoms with E-state index in [1.807, 2.05) is 30.3 Å². The van der Waals surface area contributed by atoms with Gasteiger partial charge in [-0.05, 0) is 43.3 Å². The van der Waals surface area contributed by atoms with Crippen molar-refractivity contribution in [3.8, 4) is 5.75 Å². The number of halogens is 1. The van der Waals surface area contributed by atoms with Gasteiger partial charge >= 0.3 is 0 Å². The summed E-state index contributed by atoms with van der Waals surface area (Å²) in [5, 5.41) is 3.69. The van der Waals surface area contributed by atoms with Crippen LogP contribution in [0.4, 0.5) is 11.4 Å². The third-order valence-electron chi connectivity index (χ3n) is 4.94. The van der Waals surface area contributed by atoms with Gasteiger partial charge in [-0.3, -0.25) is 4.79 Å². The van der Waals surface area contributed by atoms with Gasteiger partial charge in [-0.2, -0.15) is 0 Å². The number of hydrogen-bond acceptors (Lipinski definition) is 4. The lowest BCUT2D eigenvalue weighted by Gasteiger charge is -2.36. The minimum absolute atomic E-state index is 0.169. The van der Waals surface area contributed by atoms with E-state index in [1.54, 1.807) is 12.1 Å². The first-order chi connectivity index (χ1) is 13.6. The van der Waals surface area contributed by atoms with Gasteiger partial charge < -0.3 is 19.9 Å². The molecule has 3 rings (SSSR count). The Morgan fingerprint density at radius 1 is 1.11 bits per heavy atom. The lowest BCUT2D eigenvalue weighted by Crippen LogP contribution is -2.46. The molecule has 1 N–H and O–H groups in total. The Labute approximate surface area is 172 Å². The molecule has 6 heteroatoms. The largest absolute Gasteiger partial charge is 0.494 e. The second kappa shape index (κ2) is 9.80. The normalized spacial score (nSPS) is 14.8. The number of carbonyl (C=O) groups excluding carboxylic acids is 1. The Morgan fingerprint density at radius 3 is 2.57 bits per heavy atom. The lowest BCUT2D eigenvalue weighted by molar-refractivity contribution is 0.102. The molecule has 0 radical (unpaired) electrons. The van der Waals surface area contributed by atoms with Gasteiger partial charge in [0.15, 0.2) is 0 Å². The van der Waals surface area contributed by atoms with Crippen LogP contribution >= 0.6 is 11.6 Å². The fraction of sp³-hybridized carbons (Fsp3) is 0.409. The molecule has 1 amide bonds. The number of likely N-dealkylation sites (N-methyl/N-ethyl adjacent to an activating group) is 1. The van der Waals surface area contributed by atoms with E-state index in [0.29, 0.717) is 22.9 Å². The fourth-order valence-electron chi connectivity index (χ4n) is 3.37. The van der Waals surface area contributed by atoms with E-state index in [4.69, 9.17) is 16.3 Å². The third-order valence-corrected chi connectivity index (χ3v) is 5.24. The monoisotopic (exact) mass is 401 g/mol. The minimum Gasteiger partial charge on any atom is -0.494 e. The summed E-state index contributed by atoms with van der Waals surface area (Å²) in [5.41, 5.74) is 2.20. The van der Waals surface area contributed by atoms with Gasteiger partial charge in [0, 0.05) is 31.7 Å². The third kappa shape index (κ3) is 4.97. The van der Waals surface area contributed by atoms with Crippen LogP contribution in [0.15, 0.2) is 42.5 Å². The highest BCUT2D eigenvalue weighted by molar-refractivity contribution is 6.34. The number of piperazine rings is 1. The maximum absolute atomic E-state index is 12.8. The summed E-state index contributed by atoms with van der Waals surface area (Å²) in [6.45, 7) is 9.68. The molecule has 1 fully saturated rings. The molecule has 2 aromatic carbocycles. The fourth-order valence-corrected chi connectivity index (χ4v) is 3.66. The summed E-state index contributed by atoms with van der Waals surface area (Å²) in [6, 6.07) is 12.9. The van der Waals surface area contributed by atoms with E-state index in [2.05, 4.69) is 29.0 Å². The molecule has 2 aromatic rings. The van der Waals surface area contributed by atoms with E-state index in [1.165, 1.54) is 0 Å². The minimum atomic E-state index is -0.169. The molecule has 1 heterocycles. The van der Waals surface area contributed by atoms with Gasteiger partial charge in [-0.15, -0.1) is 0 Å². The molecular weight excluding hydrogens is 374 g/mol. The molecule has 0 aromatic heterocycles. The highest BCUT2D eigenvalue weighted by atomic mass is 35.5. The molecular formula is C22H28ClN3O2. The molecule has 0 bridgehead atoms. The van der Waals surface area contributed by atoms with Gasteiger partial charge in [-0.1, -0.05) is 37.6 Å². The molecule has 28 heavy (non-hydrogen) atoms. The van der Waals surface area contributed by atoms with E-state index in [9.17, 15) is 4.79 Å². The Bertz CT molecular complexity index is 804. The number of rotatable bonds is 7. The van der Waals surface area contributed by atoms with Gasteiger partial charge in [0.25, 0.3) is 5.91 Å². The van der Waals surface area contributed by atoms with Crippen LogP contribution in [0.3, 0.4) is 0 Å². The summed E-state index contributed by atoms with van der Waals surface area (Å²) in [7, 11) is 0. The summed E-state index contributed by atoms with van der Waals surface area (Å²) in [6.07, 6.45) is 0.924. The van der Waals surface area contributed by atoms with Crippen molar-refractivity contribution in [1.29, 1.82) is 0 Å². The van der Waals surface area contributed by atoms with Crippen LogP contribution in [0.1, 0.15) is 30.6 Å². The van der Waals surface area contributed by atoms with Crippen molar-refractivity contribution in [3.05, 3.63) is 53.1 Å². The number of nitrogens with zero attached hydrogens (tertiary/aromatic N) is 2. The zero-order valence-corrected chi connectivity index (χ0v) is 17.3. The average molecular weight is 402 g/mol. The maximum Gasteiger partial charge on any atom is 0.255 e. The molecule has 5 nitrogen and oxygen atoms in total. The summed E-state index contributed by atoms with van der Waals surface area (Å²) < 4.78 is 5.64. The number of anilines is 2. The lowest BCUT2D eigenvalue weighted by atomic mass is 10.1. The second-order valence-corrected chi connectivity index (χ2v) is 7.29. The van der Waals surface area contributed by atoms with Gasteiger partial charge in [0.05, 0.1) is 23.0 Å². The SMILES string of the molecule is CCCOc1cccc(C(=O)Nc2cccc(Cl)c2N2CCN(CC)CC2)c1. The Hall–Kier alpha value is -2.24. The van der Waals surface area contributed by atoms with Crippen molar-refractivity contribution in [2.24, 2.45) is 0 Å². The molecule has 1 saturated heterocycles. The van der Waals surface area contributed by atoms with Crippen LogP contribution < -0.4 is 15.0 Å². The molecule has 0 aliphatic carbocycles. The highest BCUT2D eigenvalue weighted by Gasteiger charge is 2.21. The van der Waals surface area contributed by atoms with E-state index >= 15 is 0 Å². The van der Waals surface area contributed by atoms with Gasteiger partial charge in [0.2, 0.25) is 0 Å². The van der Waals surface area contributed by atoms with Crippen LogP contribution in [-0.4, -0.2) is 50.1 Å². The highest BCUT2D eigenvalue weighted by Crippen LogP contribution is 2.35. The van der Waals surface area contributed by atoms with Crippen molar-refractivity contribution in [3.63, 3.8) is 0 Å². The Kier molecular flexibility index (Phi) is 7.18. The summed E-state index contributed by atoms with van der Waals surface area (Å²) in [4.78, 5) is 17.5. The molecule has 0 saturated carbocycles. The molecule has 0 unspecified atom stereocenters. The molecule has 1 aliphatic rings. The van der Waals surface area contributed by atoms with Crippen LogP contribution in [0.5, 0.6) is 5.75 Å².